The highest BCUT2D eigenvalue weighted by Crippen LogP contribution is 2.40. The van der Waals surface area contributed by atoms with Gasteiger partial charge in [-0.2, -0.15) is 0 Å². The van der Waals surface area contributed by atoms with E-state index in [4.69, 9.17) is 4.55 Å². The second-order valence-corrected chi connectivity index (χ2v) is 5.57. The molecule has 4 nitrogen and oxygen atoms in total. The van der Waals surface area contributed by atoms with E-state index in [1.165, 1.54) is 24.8 Å². The first-order valence-electron chi connectivity index (χ1n) is 5.96. The van der Waals surface area contributed by atoms with Crippen LogP contribution in [-0.2, 0) is 11.3 Å². The van der Waals surface area contributed by atoms with Crippen LogP contribution in [0.2, 0.25) is 0 Å². The molecular weight excluding hydrogens is 236 g/mol. The van der Waals surface area contributed by atoms with E-state index >= 15 is 0 Å². The Morgan fingerprint density at radius 1 is 1.29 bits per heavy atom. The van der Waals surface area contributed by atoms with E-state index in [1.54, 1.807) is 0 Å². The second-order valence-electron chi connectivity index (χ2n) is 4.86. The van der Waals surface area contributed by atoms with Crippen molar-refractivity contribution in [2.45, 2.75) is 37.3 Å². The van der Waals surface area contributed by atoms with E-state index in [9.17, 15) is 4.21 Å². The Hall–Kier alpha value is -0.910. The molecule has 4 atom stereocenters. The summed E-state index contributed by atoms with van der Waals surface area (Å²) in [5.41, 5.74) is 2.02. The summed E-state index contributed by atoms with van der Waals surface area (Å²) in [5, 5.41) is 3.62. The van der Waals surface area contributed by atoms with Crippen molar-refractivity contribution in [2.24, 2.45) is 0 Å². The third kappa shape index (κ3) is 2.22. The van der Waals surface area contributed by atoms with Crippen molar-refractivity contribution in [2.75, 3.05) is 4.72 Å². The molecule has 2 aliphatic rings. The largest absolute Gasteiger partial charge is 0.311 e. The van der Waals surface area contributed by atoms with Gasteiger partial charge in [0, 0.05) is 23.7 Å². The summed E-state index contributed by atoms with van der Waals surface area (Å²) in [6.07, 6.45) is 3.81. The molecule has 17 heavy (non-hydrogen) atoms. The summed E-state index contributed by atoms with van der Waals surface area (Å²) in [4.78, 5) is 0. The average Bonchev–Trinajstić information content (AvgIpc) is 2.91. The van der Waals surface area contributed by atoms with Crippen LogP contribution in [0.1, 0.15) is 30.7 Å². The lowest BCUT2D eigenvalue weighted by molar-refractivity contribution is 0.506. The van der Waals surface area contributed by atoms with Crippen LogP contribution in [0.3, 0.4) is 0 Å². The average molecular weight is 252 g/mol. The number of hydrogen-bond donors (Lipinski definition) is 3. The van der Waals surface area contributed by atoms with Gasteiger partial charge < -0.3 is 5.32 Å². The standard InChI is InChI=1S/C12H16N2O2S/c15-17(16)14-9-3-1-8(2-4-9)11-7-10-5-6-12(11)13-10/h1-4,10-14H,5-7H2,(H,15,16). The Bertz CT molecular complexity index is 435. The molecule has 0 aromatic heterocycles. The van der Waals surface area contributed by atoms with Crippen molar-refractivity contribution in [1.82, 2.24) is 5.32 Å². The van der Waals surface area contributed by atoms with E-state index in [2.05, 4.69) is 22.2 Å². The van der Waals surface area contributed by atoms with E-state index < -0.39 is 11.3 Å². The van der Waals surface area contributed by atoms with Gasteiger partial charge in [-0.25, -0.2) is 4.21 Å². The molecule has 2 fully saturated rings. The van der Waals surface area contributed by atoms with Crippen LogP contribution in [0.5, 0.6) is 0 Å². The van der Waals surface area contributed by atoms with Gasteiger partial charge in [0.15, 0.2) is 0 Å². The Morgan fingerprint density at radius 2 is 2.06 bits per heavy atom. The molecule has 2 aliphatic heterocycles. The topological polar surface area (TPSA) is 61.4 Å². The van der Waals surface area contributed by atoms with Gasteiger partial charge in [-0.1, -0.05) is 12.1 Å². The molecule has 0 radical (unpaired) electrons. The normalized spacial score (nSPS) is 32.6. The molecule has 1 aromatic carbocycles. The van der Waals surface area contributed by atoms with Gasteiger partial charge in [-0.15, -0.1) is 0 Å². The van der Waals surface area contributed by atoms with Gasteiger partial charge in [0.25, 0.3) is 11.3 Å². The summed E-state index contributed by atoms with van der Waals surface area (Å²) in [7, 11) is 0. The zero-order valence-corrected chi connectivity index (χ0v) is 10.2. The fraction of sp³-hybridized carbons (Fsp3) is 0.500. The number of anilines is 1. The molecule has 0 spiro atoms. The van der Waals surface area contributed by atoms with Crippen molar-refractivity contribution in [1.29, 1.82) is 0 Å². The Labute approximate surface area is 103 Å². The third-order valence-corrected chi connectivity index (χ3v) is 4.25. The van der Waals surface area contributed by atoms with E-state index in [0.29, 0.717) is 23.7 Å². The first-order chi connectivity index (χ1) is 8.22. The third-order valence-electron chi connectivity index (χ3n) is 3.84. The highest BCUT2D eigenvalue weighted by molar-refractivity contribution is 7.80. The summed E-state index contributed by atoms with van der Waals surface area (Å²) in [6, 6.07) is 9.19. The maximum Gasteiger partial charge on any atom is 0.259 e. The van der Waals surface area contributed by atoms with Crippen LogP contribution in [0.15, 0.2) is 24.3 Å². The quantitative estimate of drug-likeness (QED) is 0.719. The SMILES string of the molecule is O=S(O)Nc1ccc(C2CC3CCC2N3)cc1. The minimum atomic E-state index is -1.99. The first-order valence-corrected chi connectivity index (χ1v) is 7.06. The second kappa shape index (κ2) is 4.40. The predicted molar refractivity (Wildman–Crippen MR) is 68.1 cm³/mol. The number of fused-ring (bicyclic) bond motifs is 2. The van der Waals surface area contributed by atoms with Crippen LogP contribution in [-0.4, -0.2) is 20.8 Å². The molecule has 5 heteroatoms. The van der Waals surface area contributed by atoms with Gasteiger partial charge in [0.2, 0.25) is 0 Å². The molecule has 4 unspecified atom stereocenters. The molecule has 2 bridgehead atoms. The molecule has 1 aromatic rings. The minimum absolute atomic E-state index is 0.613. The first kappa shape index (κ1) is 11.2. The predicted octanol–water partition coefficient (Wildman–Crippen LogP) is 1.84. The molecule has 2 saturated heterocycles. The van der Waals surface area contributed by atoms with Crippen molar-refractivity contribution in [3.05, 3.63) is 29.8 Å². The van der Waals surface area contributed by atoms with Gasteiger partial charge in [0.1, 0.15) is 0 Å². The van der Waals surface area contributed by atoms with Gasteiger partial charge in [-0.3, -0.25) is 9.27 Å². The maximum atomic E-state index is 10.6. The highest BCUT2D eigenvalue weighted by Gasteiger charge is 2.39. The molecule has 3 N–H and O–H groups in total. The fourth-order valence-corrected chi connectivity index (χ4v) is 3.43. The molecule has 92 valence electrons. The number of benzene rings is 1. The lowest BCUT2D eigenvalue weighted by Crippen LogP contribution is -2.21. The number of nitrogens with one attached hydrogen (secondary N) is 2. The van der Waals surface area contributed by atoms with Crippen molar-refractivity contribution in [3.63, 3.8) is 0 Å². The zero-order valence-electron chi connectivity index (χ0n) is 9.43. The van der Waals surface area contributed by atoms with Crippen molar-refractivity contribution in [3.8, 4) is 0 Å². The van der Waals surface area contributed by atoms with E-state index in [0.717, 1.165) is 0 Å². The van der Waals surface area contributed by atoms with Crippen molar-refractivity contribution >= 4 is 17.0 Å². The summed E-state index contributed by atoms with van der Waals surface area (Å²) in [5.74, 6) is 0.613. The highest BCUT2D eigenvalue weighted by atomic mass is 32.2. The molecule has 0 amide bonds. The van der Waals surface area contributed by atoms with Crippen LogP contribution in [0.25, 0.3) is 0 Å². The van der Waals surface area contributed by atoms with Crippen LogP contribution in [0.4, 0.5) is 5.69 Å². The van der Waals surface area contributed by atoms with Gasteiger partial charge in [0.05, 0.1) is 0 Å². The molecule has 0 saturated carbocycles. The zero-order chi connectivity index (χ0) is 11.8. The molecule has 0 aliphatic carbocycles. The van der Waals surface area contributed by atoms with E-state index in [1.807, 2.05) is 12.1 Å². The van der Waals surface area contributed by atoms with E-state index in [-0.39, 0.29) is 0 Å². The summed E-state index contributed by atoms with van der Waals surface area (Å²) >= 11 is -1.99. The van der Waals surface area contributed by atoms with Gasteiger partial charge in [-0.05, 0) is 37.0 Å². The monoisotopic (exact) mass is 252 g/mol. The molecule has 2 heterocycles. The van der Waals surface area contributed by atoms with Crippen LogP contribution in [0, 0.1) is 0 Å². The lowest BCUT2D eigenvalue weighted by Gasteiger charge is -2.20. The van der Waals surface area contributed by atoms with Gasteiger partial charge >= 0.3 is 0 Å². The lowest BCUT2D eigenvalue weighted by atomic mass is 9.84. The number of rotatable bonds is 3. The summed E-state index contributed by atoms with van der Waals surface area (Å²) < 4.78 is 21.8. The summed E-state index contributed by atoms with van der Waals surface area (Å²) in [6.45, 7) is 0. The Balaban J connectivity index is 1.74. The smallest absolute Gasteiger partial charge is 0.259 e. The van der Waals surface area contributed by atoms with Crippen molar-refractivity contribution < 1.29 is 8.76 Å². The van der Waals surface area contributed by atoms with Crippen LogP contribution < -0.4 is 10.0 Å². The minimum Gasteiger partial charge on any atom is -0.311 e. The van der Waals surface area contributed by atoms with Crippen LogP contribution >= 0.6 is 0 Å². The molecule has 3 rings (SSSR count). The fourth-order valence-electron chi connectivity index (χ4n) is 3.09. The molecular formula is C12H16N2O2S. The Kier molecular flexibility index (Phi) is 2.90. The number of hydrogen-bond acceptors (Lipinski definition) is 2. The Morgan fingerprint density at radius 3 is 2.59 bits per heavy atom. The maximum absolute atomic E-state index is 10.6.